The molecule has 0 saturated heterocycles. The summed E-state index contributed by atoms with van der Waals surface area (Å²) in [6.45, 7) is 1.35. The van der Waals surface area contributed by atoms with Gasteiger partial charge in [-0.1, -0.05) is 0 Å². The van der Waals surface area contributed by atoms with Gasteiger partial charge in [-0.2, -0.15) is 0 Å². The molecule has 0 unspecified atom stereocenters. The first kappa shape index (κ1) is 14.2. The van der Waals surface area contributed by atoms with Gasteiger partial charge in [-0.3, -0.25) is 0 Å². The molecule has 1 rings (SSSR count). The Kier molecular flexibility index (Phi) is 6.28. The highest BCUT2D eigenvalue weighted by Crippen LogP contribution is 2.11. The van der Waals surface area contributed by atoms with Crippen molar-refractivity contribution in [3.63, 3.8) is 0 Å². The van der Waals surface area contributed by atoms with E-state index in [2.05, 4.69) is 27.9 Å². The zero-order chi connectivity index (χ0) is 12.7. The van der Waals surface area contributed by atoms with Crippen LogP contribution in [0, 0.1) is 3.57 Å². The molecule has 0 radical (unpaired) electrons. The van der Waals surface area contributed by atoms with Gasteiger partial charge in [-0.15, -0.1) is 0 Å². The van der Waals surface area contributed by atoms with Gasteiger partial charge in [0, 0.05) is 36.6 Å². The molecule has 1 N–H and O–H groups in total. The second-order valence-corrected chi connectivity index (χ2v) is 4.95. The van der Waals surface area contributed by atoms with E-state index in [-0.39, 0.29) is 6.03 Å². The van der Waals surface area contributed by atoms with Crippen molar-refractivity contribution in [3.05, 3.63) is 27.8 Å². The molecule has 0 heterocycles. The third-order valence-corrected chi connectivity index (χ3v) is 3.00. The first-order valence-corrected chi connectivity index (χ1v) is 6.48. The number of ether oxygens (including phenoxy) is 1. The molecule has 4 nitrogen and oxygen atoms in total. The highest BCUT2D eigenvalue weighted by Gasteiger charge is 2.07. The van der Waals surface area contributed by atoms with Crippen LogP contribution in [0.15, 0.2) is 24.3 Å². The Labute approximate surface area is 115 Å². The number of rotatable bonds is 5. The summed E-state index contributed by atoms with van der Waals surface area (Å²) in [5.74, 6) is 0. The SMILES string of the molecule is COCCCN(C)C(=O)Nc1ccc(I)cc1. The number of amides is 2. The molecule has 94 valence electrons. The Bertz CT molecular complexity index is 354. The highest BCUT2D eigenvalue weighted by atomic mass is 127. The summed E-state index contributed by atoms with van der Waals surface area (Å²) in [5.41, 5.74) is 0.814. The quantitative estimate of drug-likeness (QED) is 0.657. The van der Waals surface area contributed by atoms with Crippen LogP contribution in [0.2, 0.25) is 0 Å². The fraction of sp³-hybridized carbons (Fsp3) is 0.417. The Balaban J connectivity index is 2.40. The number of benzene rings is 1. The molecule has 0 saturated carbocycles. The molecule has 1 aromatic carbocycles. The summed E-state index contributed by atoms with van der Waals surface area (Å²) < 4.78 is 6.09. The van der Waals surface area contributed by atoms with Crippen LogP contribution in [-0.4, -0.2) is 38.2 Å². The predicted octanol–water partition coefficient (Wildman–Crippen LogP) is 2.79. The fourth-order valence-corrected chi connectivity index (χ4v) is 1.66. The standard InChI is InChI=1S/C12H17IN2O2/c1-15(8-3-9-17-2)12(16)14-11-6-4-10(13)5-7-11/h4-7H,3,8-9H2,1-2H3,(H,14,16). The van der Waals surface area contributed by atoms with E-state index in [9.17, 15) is 4.79 Å². The molecule has 0 bridgehead atoms. The zero-order valence-electron chi connectivity index (χ0n) is 10.1. The molecule has 0 atom stereocenters. The van der Waals surface area contributed by atoms with Crippen LogP contribution in [0.5, 0.6) is 0 Å². The van der Waals surface area contributed by atoms with E-state index in [1.807, 2.05) is 24.3 Å². The largest absolute Gasteiger partial charge is 0.385 e. The lowest BCUT2D eigenvalue weighted by Gasteiger charge is -2.17. The van der Waals surface area contributed by atoms with E-state index >= 15 is 0 Å². The molecule has 0 spiro atoms. The van der Waals surface area contributed by atoms with E-state index < -0.39 is 0 Å². The van der Waals surface area contributed by atoms with Crippen LogP contribution in [-0.2, 0) is 4.74 Å². The number of methoxy groups -OCH3 is 1. The van der Waals surface area contributed by atoms with Crippen molar-refractivity contribution in [2.75, 3.05) is 32.6 Å². The van der Waals surface area contributed by atoms with Crippen molar-refractivity contribution >= 4 is 34.3 Å². The summed E-state index contributed by atoms with van der Waals surface area (Å²) in [6.07, 6.45) is 0.840. The van der Waals surface area contributed by atoms with Crippen LogP contribution in [0.1, 0.15) is 6.42 Å². The van der Waals surface area contributed by atoms with Crippen molar-refractivity contribution in [1.82, 2.24) is 4.90 Å². The van der Waals surface area contributed by atoms with Crippen molar-refractivity contribution in [3.8, 4) is 0 Å². The molecule has 0 aromatic heterocycles. The average molecular weight is 348 g/mol. The maximum atomic E-state index is 11.8. The second-order valence-electron chi connectivity index (χ2n) is 3.70. The van der Waals surface area contributed by atoms with Gasteiger partial charge in [-0.25, -0.2) is 4.79 Å². The van der Waals surface area contributed by atoms with Gasteiger partial charge < -0.3 is 15.0 Å². The van der Waals surface area contributed by atoms with Gasteiger partial charge in [0.25, 0.3) is 0 Å². The predicted molar refractivity (Wildman–Crippen MR) is 77.3 cm³/mol. The van der Waals surface area contributed by atoms with Crippen LogP contribution in [0.4, 0.5) is 10.5 Å². The molecule has 17 heavy (non-hydrogen) atoms. The van der Waals surface area contributed by atoms with Crippen molar-refractivity contribution in [2.24, 2.45) is 0 Å². The van der Waals surface area contributed by atoms with Crippen molar-refractivity contribution in [2.45, 2.75) is 6.42 Å². The molecule has 1 aromatic rings. The van der Waals surface area contributed by atoms with Gasteiger partial charge in [0.05, 0.1) is 0 Å². The first-order valence-electron chi connectivity index (χ1n) is 5.40. The normalized spacial score (nSPS) is 10.1. The Morgan fingerprint density at radius 1 is 1.41 bits per heavy atom. The van der Waals surface area contributed by atoms with Crippen LogP contribution in [0.3, 0.4) is 0 Å². The lowest BCUT2D eigenvalue weighted by molar-refractivity contribution is 0.179. The number of carbonyl (C=O) groups excluding carboxylic acids is 1. The summed E-state index contributed by atoms with van der Waals surface area (Å²) in [6, 6.07) is 7.61. The van der Waals surface area contributed by atoms with Gasteiger partial charge in [0.2, 0.25) is 0 Å². The van der Waals surface area contributed by atoms with E-state index in [0.29, 0.717) is 13.2 Å². The summed E-state index contributed by atoms with van der Waals surface area (Å²) in [7, 11) is 3.43. The minimum Gasteiger partial charge on any atom is -0.385 e. The number of nitrogens with one attached hydrogen (secondary N) is 1. The molecular weight excluding hydrogens is 331 g/mol. The number of nitrogens with zero attached hydrogens (tertiary/aromatic N) is 1. The van der Waals surface area contributed by atoms with E-state index in [1.165, 1.54) is 0 Å². The van der Waals surface area contributed by atoms with Crippen LogP contribution in [0.25, 0.3) is 0 Å². The number of hydrogen-bond donors (Lipinski definition) is 1. The number of carbonyl (C=O) groups is 1. The number of anilines is 1. The maximum Gasteiger partial charge on any atom is 0.321 e. The van der Waals surface area contributed by atoms with Gasteiger partial charge >= 0.3 is 6.03 Å². The van der Waals surface area contributed by atoms with Crippen molar-refractivity contribution < 1.29 is 9.53 Å². The monoisotopic (exact) mass is 348 g/mol. The van der Waals surface area contributed by atoms with Gasteiger partial charge in [0.1, 0.15) is 0 Å². The molecule has 0 fully saturated rings. The number of urea groups is 1. The third kappa shape index (κ3) is 5.36. The molecule has 0 aliphatic carbocycles. The number of halogens is 1. The summed E-state index contributed by atoms with van der Waals surface area (Å²) in [4.78, 5) is 13.4. The van der Waals surface area contributed by atoms with E-state index in [4.69, 9.17) is 4.74 Å². The third-order valence-electron chi connectivity index (χ3n) is 2.28. The molecule has 0 aliphatic rings. The van der Waals surface area contributed by atoms with E-state index in [0.717, 1.165) is 15.7 Å². The highest BCUT2D eigenvalue weighted by molar-refractivity contribution is 14.1. The van der Waals surface area contributed by atoms with E-state index in [1.54, 1.807) is 19.1 Å². The molecule has 5 heteroatoms. The first-order chi connectivity index (χ1) is 8.13. The zero-order valence-corrected chi connectivity index (χ0v) is 12.2. The maximum absolute atomic E-state index is 11.8. The van der Waals surface area contributed by atoms with Crippen LogP contribution >= 0.6 is 22.6 Å². The molecule has 2 amide bonds. The van der Waals surface area contributed by atoms with Gasteiger partial charge in [0.15, 0.2) is 0 Å². The lowest BCUT2D eigenvalue weighted by atomic mass is 10.3. The summed E-state index contributed by atoms with van der Waals surface area (Å²) >= 11 is 2.23. The minimum absolute atomic E-state index is 0.0951. The van der Waals surface area contributed by atoms with Gasteiger partial charge in [-0.05, 0) is 53.3 Å². The number of hydrogen-bond acceptors (Lipinski definition) is 2. The Hall–Kier alpha value is -0.820. The Morgan fingerprint density at radius 2 is 2.06 bits per heavy atom. The lowest BCUT2D eigenvalue weighted by Crippen LogP contribution is -2.32. The van der Waals surface area contributed by atoms with Crippen LogP contribution < -0.4 is 5.32 Å². The fourth-order valence-electron chi connectivity index (χ4n) is 1.30. The molecular formula is C12H17IN2O2. The topological polar surface area (TPSA) is 41.6 Å². The Morgan fingerprint density at radius 3 is 2.65 bits per heavy atom. The minimum atomic E-state index is -0.0951. The average Bonchev–Trinajstić information content (AvgIpc) is 2.32. The second kappa shape index (κ2) is 7.50. The smallest absolute Gasteiger partial charge is 0.321 e. The molecule has 0 aliphatic heterocycles. The van der Waals surface area contributed by atoms with Crippen molar-refractivity contribution in [1.29, 1.82) is 0 Å². The summed E-state index contributed by atoms with van der Waals surface area (Å²) in [5, 5.41) is 2.84.